The molecule has 2 N–H and O–H groups in total. The van der Waals surface area contributed by atoms with Crippen LogP contribution in [0.1, 0.15) is 13.8 Å². The highest BCUT2D eigenvalue weighted by Gasteiger charge is 2.18. The van der Waals surface area contributed by atoms with E-state index < -0.39 is 24.8 Å². The smallest absolute Gasteiger partial charge is 0.326 e. The molecule has 1 aromatic rings. The molecule has 15 heavy (non-hydrogen) atoms. The number of aliphatic carboxylic acids is 1. The van der Waals surface area contributed by atoms with Crippen LogP contribution in [0.25, 0.3) is 0 Å². The molecule has 0 heterocycles. The van der Waals surface area contributed by atoms with Gasteiger partial charge in [0.15, 0.2) is 0 Å². The average molecular weight is 208 g/mol. The number of nitrogens with one attached hydrogen (secondary N) is 1. The van der Waals surface area contributed by atoms with E-state index in [1.807, 2.05) is 6.07 Å². The van der Waals surface area contributed by atoms with E-state index in [0.717, 1.165) is 5.56 Å². The fourth-order valence-electron chi connectivity index (χ4n) is 1.24. The van der Waals surface area contributed by atoms with E-state index >= 15 is 0 Å². The highest BCUT2D eigenvalue weighted by molar-refractivity contribution is 5.82. The molecule has 1 atom stereocenters. The topological polar surface area (TPSA) is 66.4 Å². The van der Waals surface area contributed by atoms with Crippen LogP contribution in [-0.2, 0) is 16.0 Å². The Morgan fingerprint density at radius 3 is 2.67 bits per heavy atom. The molecule has 0 radical (unpaired) electrons. The quantitative estimate of drug-likeness (QED) is 0.769. The van der Waals surface area contributed by atoms with E-state index in [4.69, 9.17) is 6.48 Å². The van der Waals surface area contributed by atoms with Gasteiger partial charge in [-0.05, 0) is 5.56 Å². The lowest BCUT2D eigenvalue weighted by Crippen LogP contribution is -2.41. The Morgan fingerprint density at radius 1 is 1.47 bits per heavy atom. The first-order valence-corrected chi connectivity index (χ1v) is 4.49. The van der Waals surface area contributed by atoms with Crippen LogP contribution in [-0.4, -0.2) is 23.0 Å². The highest BCUT2D eigenvalue weighted by atomic mass is 16.4. The van der Waals surface area contributed by atoms with Crippen LogP contribution in [0.2, 0.25) is 0 Å². The minimum atomic E-state index is -1.09. The lowest BCUT2D eigenvalue weighted by atomic mass is 10.1. The largest absolute Gasteiger partial charge is 0.480 e. The van der Waals surface area contributed by atoms with Crippen LogP contribution in [0.15, 0.2) is 30.3 Å². The number of benzene rings is 1. The molecule has 0 aliphatic rings. The first kappa shape index (κ1) is 9.71. The predicted octanol–water partition coefficient (Wildman–Crippen LogP) is 0.818. The lowest BCUT2D eigenvalue weighted by molar-refractivity contribution is -0.141. The molecule has 0 fully saturated rings. The van der Waals surface area contributed by atoms with Gasteiger partial charge in [0.25, 0.3) is 0 Å². The molecule has 0 aromatic heterocycles. The summed E-state index contributed by atoms with van der Waals surface area (Å²) in [5.41, 5.74) is 0.834. The Balaban J connectivity index is 2.65. The van der Waals surface area contributed by atoms with Crippen molar-refractivity contribution in [2.75, 3.05) is 0 Å². The monoisotopic (exact) mass is 208 g/mol. The van der Waals surface area contributed by atoms with Crippen LogP contribution >= 0.6 is 0 Å². The molecule has 0 unspecified atom stereocenters. The van der Waals surface area contributed by atoms with Gasteiger partial charge in [-0.2, -0.15) is 0 Å². The second kappa shape index (κ2) is 5.14. The predicted molar refractivity (Wildman–Crippen MR) is 55.4 cm³/mol. The van der Waals surface area contributed by atoms with Crippen molar-refractivity contribution in [3.8, 4) is 0 Å². The first-order valence-electron chi connectivity index (χ1n) is 5.19. The maximum Gasteiger partial charge on any atom is 0.326 e. The normalized spacial score (nSPS) is 12.7. The number of carboxylic acids is 1. The first-order chi connectivity index (χ1) is 7.63. The summed E-state index contributed by atoms with van der Waals surface area (Å²) < 4.78 is 6.82. The van der Waals surface area contributed by atoms with E-state index in [9.17, 15) is 9.59 Å². The zero-order valence-corrected chi connectivity index (χ0v) is 8.14. The van der Waals surface area contributed by atoms with Crippen molar-refractivity contribution in [3.05, 3.63) is 35.9 Å². The number of amides is 1. The summed E-state index contributed by atoms with van der Waals surface area (Å²) in [5, 5.41) is 11.2. The summed E-state index contributed by atoms with van der Waals surface area (Å²) in [7, 11) is 0. The molecule has 0 spiro atoms. The standard InChI is InChI=1S/C11H13NO3/c1-8(13)12-10(11(14)15)7-9-5-3-2-4-6-9/h2-6,10H,7H2,1H3,(H,12,13)(H,14,15)/t10-/m0/s1/i1D. The van der Waals surface area contributed by atoms with Gasteiger partial charge >= 0.3 is 5.97 Å². The number of rotatable bonds is 4. The summed E-state index contributed by atoms with van der Waals surface area (Å²) in [6.45, 7) is -0.460. The van der Waals surface area contributed by atoms with Crippen LogP contribution in [0, 0.1) is 0 Å². The zero-order chi connectivity index (χ0) is 12.0. The van der Waals surface area contributed by atoms with Gasteiger partial charge in [0, 0.05) is 14.7 Å². The molecule has 4 nitrogen and oxygen atoms in total. The third-order valence-corrected chi connectivity index (χ3v) is 1.92. The third kappa shape index (κ3) is 3.81. The van der Waals surface area contributed by atoms with Gasteiger partial charge in [-0.15, -0.1) is 0 Å². The van der Waals surface area contributed by atoms with E-state index in [1.165, 1.54) is 0 Å². The molecular weight excluding hydrogens is 194 g/mol. The molecule has 1 aromatic carbocycles. The molecule has 1 rings (SSSR count). The Morgan fingerprint density at radius 2 is 2.13 bits per heavy atom. The van der Waals surface area contributed by atoms with Crippen molar-refractivity contribution in [2.24, 2.45) is 0 Å². The van der Waals surface area contributed by atoms with Crippen LogP contribution in [0.4, 0.5) is 0 Å². The summed E-state index contributed by atoms with van der Waals surface area (Å²) in [4.78, 5) is 21.8. The highest BCUT2D eigenvalue weighted by Crippen LogP contribution is 2.03. The van der Waals surface area contributed by atoms with Gasteiger partial charge in [0.1, 0.15) is 6.04 Å². The molecule has 0 saturated heterocycles. The van der Waals surface area contributed by atoms with Gasteiger partial charge in [0.05, 0.1) is 0 Å². The fourth-order valence-corrected chi connectivity index (χ4v) is 1.24. The van der Waals surface area contributed by atoms with Crippen molar-refractivity contribution in [1.29, 1.82) is 0 Å². The average Bonchev–Trinajstić information content (AvgIpc) is 2.29. The molecule has 1 amide bonds. The van der Waals surface area contributed by atoms with E-state index in [0.29, 0.717) is 0 Å². The van der Waals surface area contributed by atoms with Gasteiger partial charge in [-0.25, -0.2) is 4.79 Å². The SMILES string of the molecule is [2H]CC(=O)N[C@@H](Cc1ccccc1)C(=O)O. The van der Waals surface area contributed by atoms with Crippen LogP contribution in [0.5, 0.6) is 0 Å². The van der Waals surface area contributed by atoms with Crippen molar-refractivity contribution in [3.63, 3.8) is 0 Å². The third-order valence-electron chi connectivity index (χ3n) is 1.92. The van der Waals surface area contributed by atoms with Gasteiger partial charge < -0.3 is 10.4 Å². The maximum absolute atomic E-state index is 11.0. The lowest BCUT2D eigenvalue weighted by Gasteiger charge is -2.12. The van der Waals surface area contributed by atoms with E-state index in [-0.39, 0.29) is 6.42 Å². The maximum atomic E-state index is 11.0. The number of carboxylic acid groups (broad SMARTS) is 1. The second-order valence-corrected chi connectivity index (χ2v) is 3.15. The van der Waals surface area contributed by atoms with Crippen molar-refractivity contribution < 1.29 is 16.1 Å². The van der Waals surface area contributed by atoms with Crippen molar-refractivity contribution >= 4 is 11.9 Å². The Labute approximate surface area is 89.3 Å². The Bertz CT molecular complexity index is 367. The molecule has 4 heteroatoms. The van der Waals surface area contributed by atoms with Crippen LogP contribution in [0.3, 0.4) is 0 Å². The number of hydrogen-bond donors (Lipinski definition) is 2. The van der Waals surface area contributed by atoms with Crippen LogP contribution < -0.4 is 5.32 Å². The number of carbonyl (C=O) groups is 2. The molecule has 0 saturated carbocycles. The fraction of sp³-hybridized carbons (Fsp3) is 0.273. The van der Waals surface area contributed by atoms with E-state index in [2.05, 4.69) is 5.32 Å². The molecule has 0 bridgehead atoms. The molecular formula is C11H13NO3. The zero-order valence-electron chi connectivity index (χ0n) is 9.14. The van der Waals surface area contributed by atoms with E-state index in [1.54, 1.807) is 24.3 Å². The summed E-state index contributed by atoms with van der Waals surface area (Å²) in [6.07, 6.45) is 0.224. The molecule has 80 valence electrons. The Kier molecular flexibility index (Phi) is 3.33. The minimum absolute atomic E-state index is 0.224. The Hall–Kier alpha value is -1.84. The summed E-state index contributed by atoms with van der Waals surface area (Å²) in [5.74, 6) is -1.67. The van der Waals surface area contributed by atoms with Gasteiger partial charge in [-0.1, -0.05) is 30.3 Å². The number of hydrogen-bond acceptors (Lipinski definition) is 2. The summed E-state index contributed by atoms with van der Waals surface area (Å²) >= 11 is 0. The van der Waals surface area contributed by atoms with Gasteiger partial charge in [-0.3, -0.25) is 4.79 Å². The molecule has 0 aliphatic carbocycles. The molecule has 0 aliphatic heterocycles. The second-order valence-electron chi connectivity index (χ2n) is 3.15. The number of carbonyl (C=O) groups excluding carboxylic acids is 1. The van der Waals surface area contributed by atoms with Gasteiger partial charge in [0.2, 0.25) is 5.91 Å². The summed E-state index contributed by atoms with van der Waals surface area (Å²) in [6, 6.07) is 8.06. The van der Waals surface area contributed by atoms with Crippen molar-refractivity contribution in [1.82, 2.24) is 5.32 Å². The minimum Gasteiger partial charge on any atom is -0.480 e. The van der Waals surface area contributed by atoms with Crippen molar-refractivity contribution in [2.45, 2.75) is 19.4 Å².